The van der Waals surface area contributed by atoms with E-state index in [1.807, 2.05) is 13.8 Å². The molecule has 15 heavy (non-hydrogen) atoms. The van der Waals surface area contributed by atoms with Gasteiger partial charge in [-0.2, -0.15) is 0 Å². The Balaban J connectivity index is 3.81. The minimum atomic E-state index is -0.285. The predicted molar refractivity (Wildman–Crippen MR) is 58.6 cm³/mol. The third-order valence-corrected chi connectivity index (χ3v) is 1.94. The number of hydrogen-bond acceptors (Lipinski definition) is 4. The fourth-order valence-electron chi connectivity index (χ4n) is 1.12. The Morgan fingerprint density at radius 2 is 1.80 bits per heavy atom. The summed E-state index contributed by atoms with van der Waals surface area (Å²) < 4.78 is 10.7. The summed E-state index contributed by atoms with van der Waals surface area (Å²) >= 11 is 0. The lowest BCUT2D eigenvalue weighted by Gasteiger charge is -2.19. The first-order valence-electron chi connectivity index (χ1n) is 5.33. The van der Waals surface area contributed by atoms with Gasteiger partial charge in [0.25, 0.3) is 0 Å². The van der Waals surface area contributed by atoms with Crippen LogP contribution in [0.2, 0.25) is 0 Å². The second-order valence-corrected chi connectivity index (χ2v) is 3.08. The molecule has 90 valence electrons. The molecule has 0 fully saturated rings. The Hall–Kier alpha value is -0.650. The summed E-state index contributed by atoms with van der Waals surface area (Å²) in [4.78, 5) is 11.2. The van der Waals surface area contributed by atoms with E-state index in [0.717, 1.165) is 0 Å². The van der Waals surface area contributed by atoms with E-state index in [9.17, 15) is 4.79 Å². The molecule has 1 amide bonds. The number of amides is 1. The Labute approximate surface area is 91.5 Å². The van der Waals surface area contributed by atoms with Crippen LogP contribution in [0.15, 0.2) is 0 Å². The van der Waals surface area contributed by atoms with Gasteiger partial charge in [0.05, 0.1) is 6.04 Å². The van der Waals surface area contributed by atoms with Crippen molar-refractivity contribution in [3.05, 3.63) is 0 Å². The molecule has 0 saturated heterocycles. The average molecular weight is 218 g/mol. The lowest BCUT2D eigenvalue weighted by atomic mass is 10.3. The highest BCUT2D eigenvalue weighted by atomic mass is 16.7. The lowest BCUT2D eigenvalue weighted by molar-refractivity contribution is -0.136. The van der Waals surface area contributed by atoms with Gasteiger partial charge in [-0.3, -0.25) is 4.79 Å². The van der Waals surface area contributed by atoms with Crippen LogP contribution < -0.4 is 10.6 Å². The Morgan fingerprint density at radius 1 is 1.27 bits per heavy atom. The second-order valence-electron chi connectivity index (χ2n) is 3.08. The van der Waals surface area contributed by atoms with Gasteiger partial charge in [-0.25, -0.2) is 0 Å². The molecule has 0 rings (SSSR count). The SMILES string of the molecule is CCOC(CNC(C)C(=O)NC)OCC. The van der Waals surface area contributed by atoms with E-state index in [4.69, 9.17) is 9.47 Å². The monoisotopic (exact) mass is 218 g/mol. The fraction of sp³-hybridized carbons (Fsp3) is 0.900. The first kappa shape index (κ1) is 14.3. The van der Waals surface area contributed by atoms with Crippen molar-refractivity contribution in [1.82, 2.24) is 10.6 Å². The van der Waals surface area contributed by atoms with E-state index in [1.54, 1.807) is 14.0 Å². The molecule has 0 aromatic heterocycles. The van der Waals surface area contributed by atoms with Crippen molar-refractivity contribution >= 4 is 5.91 Å². The van der Waals surface area contributed by atoms with E-state index < -0.39 is 0 Å². The summed E-state index contributed by atoms with van der Waals surface area (Å²) in [6.07, 6.45) is -0.285. The van der Waals surface area contributed by atoms with Gasteiger partial charge in [-0.05, 0) is 20.8 Å². The van der Waals surface area contributed by atoms with Gasteiger partial charge >= 0.3 is 0 Å². The summed E-state index contributed by atoms with van der Waals surface area (Å²) in [5, 5.41) is 5.61. The smallest absolute Gasteiger partial charge is 0.236 e. The molecular formula is C10H22N2O3. The molecule has 2 N–H and O–H groups in total. The maximum absolute atomic E-state index is 11.2. The van der Waals surface area contributed by atoms with E-state index in [2.05, 4.69) is 10.6 Å². The normalized spacial score (nSPS) is 12.9. The van der Waals surface area contributed by atoms with Crippen LogP contribution in [0.3, 0.4) is 0 Å². The van der Waals surface area contributed by atoms with E-state index in [-0.39, 0.29) is 18.2 Å². The largest absolute Gasteiger partial charge is 0.358 e. The van der Waals surface area contributed by atoms with Crippen molar-refractivity contribution in [2.75, 3.05) is 26.8 Å². The van der Waals surface area contributed by atoms with Gasteiger partial charge in [0.2, 0.25) is 5.91 Å². The summed E-state index contributed by atoms with van der Waals surface area (Å²) in [6, 6.07) is -0.238. The maximum atomic E-state index is 11.2. The third-order valence-electron chi connectivity index (χ3n) is 1.94. The molecule has 1 unspecified atom stereocenters. The molecule has 5 heteroatoms. The van der Waals surface area contributed by atoms with E-state index in [0.29, 0.717) is 19.8 Å². The molecule has 0 aliphatic carbocycles. The molecule has 0 aromatic rings. The van der Waals surface area contributed by atoms with Gasteiger partial charge in [0.15, 0.2) is 6.29 Å². The van der Waals surface area contributed by atoms with Crippen molar-refractivity contribution < 1.29 is 14.3 Å². The zero-order valence-corrected chi connectivity index (χ0v) is 10.0. The molecule has 0 aliphatic heterocycles. The van der Waals surface area contributed by atoms with Crippen molar-refractivity contribution in [1.29, 1.82) is 0 Å². The quantitative estimate of drug-likeness (QED) is 0.568. The maximum Gasteiger partial charge on any atom is 0.236 e. The van der Waals surface area contributed by atoms with Gasteiger partial charge in [-0.15, -0.1) is 0 Å². The van der Waals surface area contributed by atoms with Crippen LogP contribution in [0.25, 0.3) is 0 Å². The number of likely N-dealkylation sites (N-methyl/N-ethyl adjacent to an activating group) is 1. The molecule has 1 atom stereocenters. The molecule has 0 spiro atoms. The summed E-state index contributed by atoms with van der Waals surface area (Å²) in [7, 11) is 1.61. The molecule has 0 heterocycles. The minimum absolute atomic E-state index is 0.0400. The van der Waals surface area contributed by atoms with Crippen molar-refractivity contribution in [2.45, 2.75) is 33.1 Å². The standard InChI is InChI=1S/C10H22N2O3/c1-5-14-9(15-6-2)7-12-8(3)10(13)11-4/h8-9,12H,5-7H2,1-4H3,(H,11,13). The highest BCUT2D eigenvalue weighted by molar-refractivity contribution is 5.80. The van der Waals surface area contributed by atoms with Crippen LogP contribution >= 0.6 is 0 Å². The van der Waals surface area contributed by atoms with Crippen LogP contribution in [-0.2, 0) is 14.3 Å². The number of hydrogen-bond donors (Lipinski definition) is 2. The highest BCUT2D eigenvalue weighted by Gasteiger charge is 2.13. The van der Waals surface area contributed by atoms with Crippen LogP contribution in [0, 0.1) is 0 Å². The first-order chi connectivity index (χ1) is 7.15. The number of ether oxygens (including phenoxy) is 2. The minimum Gasteiger partial charge on any atom is -0.358 e. The zero-order chi connectivity index (χ0) is 11.7. The van der Waals surface area contributed by atoms with Crippen molar-refractivity contribution in [2.24, 2.45) is 0 Å². The third kappa shape index (κ3) is 6.43. The fourth-order valence-corrected chi connectivity index (χ4v) is 1.12. The van der Waals surface area contributed by atoms with Gasteiger partial charge in [0.1, 0.15) is 0 Å². The summed E-state index contributed by atoms with van der Waals surface area (Å²) in [6.45, 7) is 7.33. The molecule has 0 radical (unpaired) electrons. The number of rotatable bonds is 8. The second kappa shape index (κ2) is 8.64. The highest BCUT2D eigenvalue weighted by Crippen LogP contribution is 1.94. The molecular weight excluding hydrogens is 196 g/mol. The first-order valence-corrected chi connectivity index (χ1v) is 5.33. The topological polar surface area (TPSA) is 59.6 Å². The number of carbonyl (C=O) groups is 1. The molecule has 0 saturated carbocycles. The van der Waals surface area contributed by atoms with Crippen molar-refractivity contribution in [3.8, 4) is 0 Å². The number of nitrogens with one attached hydrogen (secondary N) is 2. The lowest BCUT2D eigenvalue weighted by Crippen LogP contribution is -2.44. The Kier molecular flexibility index (Phi) is 8.27. The van der Waals surface area contributed by atoms with Gasteiger partial charge in [-0.1, -0.05) is 0 Å². The number of carbonyl (C=O) groups excluding carboxylic acids is 1. The average Bonchev–Trinajstić information content (AvgIpc) is 2.25. The summed E-state index contributed by atoms with van der Waals surface area (Å²) in [5.74, 6) is -0.0400. The van der Waals surface area contributed by atoms with Gasteiger partial charge in [0, 0.05) is 26.8 Å². The predicted octanol–water partition coefficient (Wildman–Crippen LogP) is 0.110. The molecule has 0 bridgehead atoms. The molecule has 0 aliphatic rings. The summed E-state index contributed by atoms with van der Waals surface area (Å²) in [5.41, 5.74) is 0. The van der Waals surface area contributed by atoms with E-state index >= 15 is 0 Å². The van der Waals surface area contributed by atoms with Crippen LogP contribution in [-0.4, -0.2) is 45.0 Å². The van der Waals surface area contributed by atoms with E-state index in [1.165, 1.54) is 0 Å². The van der Waals surface area contributed by atoms with Gasteiger partial charge < -0.3 is 20.1 Å². The molecule has 0 aromatic carbocycles. The molecule has 5 nitrogen and oxygen atoms in total. The van der Waals surface area contributed by atoms with Crippen LogP contribution in [0.5, 0.6) is 0 Å². The Morgan fingerprint density at radius 3 is 2.20 bits per heavy atom. The van der Waals surface area contributed by atoms with Crippen LogP contribution in [0.1, 0.15) is 20.8 Å². The van der Waals surface area contributed by atoms with Crippen LogP contribution in [0.4, 0.5) is 0 Å². The zero-order valence-electron chi connectivity index (χ0n) is 10.0. The Bertz CT molecular complexity index is 170. The van der Waals surface area contributed by atoms with Crippen molar-refractivity contribution in [3.63, 3.8) is 0 Å².